The molecule has 2 radical (unpaired) electrons. The Bertz CT molecular complexity index is 2790. The van der Waals surface area contributed by atoms with Gasteiger partial charge in [0.2, 0.25) is 0 Å². The number of rotatable bonds is 8. The summed E-state index contributed by atoms with van der Waals surface area (Å²) in [5, 5.41) is 39.0. The van der Waals surface area contributed by atoms with Crippen molar-refractivity contribution in [2.24, 2.45) is 21.7 Å². The molecule has 440 valence electrons. The van der Waals surface area contributed by atoms with Gasteiger partial charge in [0.25, 0.3) is 0 Å². The van der Waals surface area contributed by atoms with Crippen LogP contribution in [0.25, 0.3) is 45.0 Å². The quantitative estimate of drug-likeness (QED) is 0.0875. The number of nitrogens with zero attached hydrogens (tertiary/aromatic N) is 4. The summed E-state index contributed by atoms with van der Waals surface area (Å²) in [5.74, 6) is 0. The van der Waals surface area contributed by atoms with Crippen molar-refractivity contribution in [3.05, 3.63) is 142 Å². The molecule has 0 saturated heterocycles. The molecule has 6 rings (SSSR count). The molecular formula is C63H82F6Ir2N4O4-2. The van der Waals surface area contributed by atoms with Gasteiger partial charge in [-0.25, -0.2) is 0 Å². The van der Waals surface area contributed by atoms with E-state index < -0.39 is 47.9 Å². The minimum atomic E-state index is -4.46. The molecule has 0 aliphatic carbocycles. The summed E-state index contributed by atoms with van der Waals surface area (Å²) in [5.41, 5.74) is 7.84. The van der Waals surface area contributed by atoms with Gasteiger partial charge in [-0.3, -0.25) is 9.97 Å². The van der Waals surface area contributed by atoms with Crippen LogP contribution < -0.4 is 0 Å². The summed E-state index contributed by atoms with van der Waals surface area (Å²) >= 11 is 0. The Morgan fingerprint density at radius 1 is 0.392 bits per heavy atom. The van der Waals surface area contributed by atoms with Crippen LogP contribution >= 0.6 is 0 Å². The molecule has 4 unspecified atom stereocenters. The predicted molar refractivity (Wildman–Crippen MR) is 298 cm³/mol. The Morgan fingerprint density at radius 3 is 0.975 bits per heavy atom. The van der Waals surface area contributed by atoms with Crippen molar-refractivity contribution in [3.63, 3.8) is 0 Å². The van der Waals surface area contributed by atoms with Crippen LogP contribution in [0.1, 0.15) is 146 Å². The van der Waals surface area contributed by atoms with Crippen LogP contribution in [0, 0.1) is 82.3 Å². The van der Waals surface area contributed by atoms with Crippen LogP contribution in [-0.2, 0) is 52.6 Å². The number of halogens is 6. The Kier molecular flexibility index (Phi) is 26.8. The molecule has 4 aromatic carbocycles. The molecule has 79 heavy (non-hydrogen) atoms. The molecule has 6 aromatic rings. The number of hydrogen-bond acceptors (Lipinski definition) is 8. The minimum Gasteiger partial charge on any atom is -0.392 e. The third-order valence-corrected chi connectivity index (χ3v) is 12.6. The van der Waals surface area contributed by atoms with Gasteiger partial charge in [-0.15, -0.1) is 58.7 Å². The maximum atomic E-state index is 13.2. The zero-order chi connectivity index (χ0) is 59.0. The standard InChI is InChI=1S/C21H18F3N2.C20H16F3N2.2C11H24O2.2Ir/c1-12-5-13(2)7-16(6-12)20-19(25-11-15(4)26-20)17-8-14(3)9-18(10-17)21(22,23)24;1-12-6-13(2)8-15(7-12)18-19(25-5-4-24-18)16-9-14(3)10-17(11-16)20(21,22)23;2*1-10(2,3)8(12)7-9(13)11(4,5)6;;/h5-9,11H,1-4H3;4-10H,1-3H3;2*8-9,12-13H,7H2,1-6H3;;/q2*-1;;;;. The molecule has 0 amide bonds. The first-order valence-electron chi connectivity index (χ1n) is 25.7. The summed E-state index contributed by atoms with van der Waals surface area (Å²) in [6.07, 6.45) is -5.21. The van der Waals surface area contributed by atoms with Crippen LogP contribution in [-0.4, -0.2) is 64.8 Å². The number of aliphatic hydroxyl groups is 4. The first-order valence-corrected chi connectivity index (χ1v) is 25.7. The van der Waals surface area contributed by atoms with E-state index in [-0.39, 0.29) is 67.4 Å². The third kappa shape index (κ3) is 23.3. The van der Waals surface area contributed by atoms with Gasteiger partial charge in [0.15, 0.2) is 0 Å². The van der Waals surface area contributed by atoms with Gasteiger partial charge in [0, 0.05) is 83.0 Å². The van der Waals surface area contributed by atoms with Gasteiger partial charge >= 0.3 is 12.4 Å². The van der Waals surface area contributed by atoms with Crippen molar-refractivity contribution in [1.29, 1.82) is 0 Å². The second-order valence-corrected chi connectivity index (χ2v) is 24.7. The van der Waals surface area contributed by atoms with Crippen LogP contribution in [0.5, 0.6) is 0 Å². The fourth-order valence-electron chi connectivity index (χ4n) is 7.67. The van der Waals surface area contributed by atoms with Crippen LogP contribution in [0.3, 0.4) is 0 Å². The largest absolute Gasteiger partial charge is 0.399 e. The average molecular weight is 1460 g/mol. The van der Waals surface area contributed by atoms with Crippen molar-refractivity contribution in [1.82, 2.24) is 19.9 Å². The normalized spacial score (nSPS) is 13.6. The molecule has 0 fully saturated rings. The predicted octanol–water partition coefficient (Wildman–Crippen LogP) is 15.8. The van der Waals surface area contributed by atoms with E-state index in [0.717, 1.165) is 45.5 Å². The number of alkyl halides is 6. The molecule has 4 N–H and O–H groups in total. The zero-order valence-electron chi connectivity index (χ0n) is 49.2. The monoisotopic (exact) mass is 1460 g/mol. The number of hydrogen-bond donors (Lipinski definition) is 4. The molecule has 0 spiro atoms. The first-order chi connectivity index (χ1) is 35.0. The van der Waals surface area contributed by atoms with E-state index in [0.29, 0.717) is 58.0 Å². The van der Waals surface area contributed by atoms with Gasteiger partial charge < -0.3 is 30.4 Å². The fourth-order valence-corrected chi connectivity index (χ4v) is 7.67. The smallest absolute Gasteiger partial charge is 0.392 e. The van der Waals surface area contributed by atoms with E-state index in [2.05, 4.69) is 32.1 Å². The van der Waals surface area contributed by atoms with Gasteiger partial charge in [-0.1, -0.05) is 156 Å². The van der Waals surface area contributed by atoms with Crippen molar-refractivity contribution >= 4 is 0 Å². The number of aromatic nitrogens is 4. The van der Waals surface area contributed by atoms with E-state index in [4.69, 9.17) is 0 Å². The van der Waals surface area contributed by atoms with Gasteiger partial charge in [-0.05, 0) is 78.5 Å². The number of benzene rings is 4. The summed E-state index contributed by atoms with van der Waals surface area (Å²) in [4.78, 5) is 17.6. The van der Waals surface area contributed by atoms with E-state index in [1.807, 2.05) is 154 Å². The second kappa shape index (κ2) is 29.1. The molecule has 0 bridgehead atoms. The van der Waals surface area contributed by atoms with E-state index in [1.54, 1.807) is 32.2 Å². The minimum absolute atomic E-state index is 0. The SMILES string of the molecule is CC(C)(C)C(O)CC(O)C(C)(C)C.CC(C)(C)C(O)CC(O)C(C)(C)C.Cc1cc(-c2ncc(C)nc2-c2cc(C)cc(C)c2)[c-]c(C(F)(F)F)c1.Cc1cc(-c2nccnc2-c2cc(C)cc(C)c2)[c-]c(C(F)(F)F)c1.[Ir].[Ir]. The Hall–Kier alpha value is -4.24. The Morgan fingerprint density at radius 2 is 0.671 bits per heavy atom. The molecule has 0 aliphatic rings. The summed E-state index contributed by atoms with van der Waals surface area (Å²) < 4.78 is 78.9. The number of aliphatic hydroxyl groups excluding tert-OH is 4. The van der Waals surface area contributed by atoms with Crippen LogP contribution in [0.15, 0.2) is 79.3 Å². The van der Waals surface area contributed by atoms with Crippen molar-refractivity contribution in [2.45, 2.75) is 181 Å². The van der Waals surface area contributed by atoms with Crippen molar-refractivity contribution in [3.8, 4) is 45.0 Å². The molecule has 16 heteroatoms. The van der Waals surface area contributed by atoms with Crippen molar-refractivity contribution in [2.75, 3.05) is 0 Å². The molecular weight excluding hydrogens is 1380 g/mol. The van der Waals surface area contributed by atoms with E-state index >= 15 is 0 Å². The third-order valence-electron chi connectivity index (χ3n) is 12.6. The Labute approximate surface area is 493 Å². The fraction of sp³-hybridized carbons (Fsp3) is 0.492. The zero-order valence-corrected chi connectivity index (χ0v) is 54.0. The summed E-state index contributed by atoms with van der Waals surface area (Å²) in [6.45, 7) is 36.7. The topological polar surface area (TPSA) is 132 Å². The van der Waals surface area contributed by atoms with Gasteiger partial charge in [0.05, 0.1) is 41.5 Å². The summed E-state index contributed by atoms with van der Waals surface area (Å²) in [6, 6.07) is 22.3. The number of aryl methyl sites for hydroxylation is 7. The molecule has 2 aromatic heterocycles. The first kappa shape index (κ1) is 72.8. The summed E-state index contributed by atoms with van der Waals surface area (Å²) in [7, 11) is 0. The van der Waals surface area contributed by atoms with Gasteiger partial charge in [-0.2, -0.15) is 26.3 Å². The van der Waals surface area contributed by atoms with E-state index in [1.165, 1.54) is 12.4 Å². The Balaban J connectivity index is 0.000000550. The van der Waals surface area contributed by atoms with Gasteiger partial charge in [0.1, 0.15) is 0 Å². The van der Waals surface area contributed by atoms with Crippen molar-refractivity contribution < 1.29 is 87.0 Å². The molecule has 2 heterocycles. The average Bonchev–Trinajstić information content (AvgIpc) is 3.26. The molecule has 0 saturated carbocycles. The maximum absolute atomic E-state index is 13.2. The second-order valence-electron chi connectivity index (χ2n) is 24.7. The molecule has 0 aliphatic heterocycles. The molecule has 4 atom stereocenters. The molecule has 8 nitrogen and oxygen atoms in total. The maximum Gasteiger partial charge on any atom is 0.399 e. The van der Waals surface area contributed by atoms with Crippen LogP contribution in [0.2, 0.25) is 0 Å². The van der Waals surface area contributed by atoms with Crippen LogP contribution in [0.4, 0.5) is 26.3 Å². The van der Waals surface area contributed by atoms with E-state index in [9.17, 15) is 46.8 Å².